The molecule has 1 aromatic heterocycles. The summed E-state index contributed by atoms with van der Waals surface area (Å²) in [5, 5.41) is 3.64. The van der Waals surface area contributed by atoms with Gasteiger partial charge in [0, 0.05) is 17.1 Å². The largest absolute Gasteiger partial charge is 0.309 e. The molecule has 0 aliphatic carbocycles. The summed E-state index contributed by atoms with van der Waals surface area (Å²) in [5.74, 6) is -0.363. The van der Waals surface area contributed by atoms with Crippen molar-refractivity contribution in [2.45, 2.75) is 25.8 Å². The van der Waals surface area contributed by atoms with E-state index in [-0.39, 0.29) is 16.9 Å². The molecule has 102 valence electrons. The van der Waals surface area contributed by atoms with E-state index >= 15 is 0 Å². The van der Waals surface area contributed by atoms with Crippen LogP contribution in [0.25, 0.3) is 0 Å². The molecular weight excluding hydrogens is 283 g/mol. The van der Waals surface area contributed by atoms with Crippen molar-refractivity contribution in [2.75, 3.05) is 6.54 Å². The number of hydrogen-bond donors (Lipinski definition) is 1. The van der Waals surface area contributed by atoms with Gasteiger partial charge in [0.05, 0.1) is 10.5 Å². The number of nitrogens with zero attached hydrogens (tertiary/aromatic N) is 1. The fraction of sp³-hybridized carbons (Fsp3) is 0.357. The third kappa shape index (κ3) is 4.00. The van der Waals surface area contributed by atoms with Crippen molar-refractivity contribution in [3.05, 3.63) is 51.2 Å². The molecule has 5 heteroatoms. The second-order valence-corrected chi connectivity index (χ2v) is 5.69. The summed E-state index contributed by atoms with van der Waals surface area (Å²) < 4.78 is 13.5. The third-order valence-corrected chi connectivity index (χ3v) is 4.06. The minimum Gasteiger partial charge on any atom is -0.309 e. The van der Waals surface area contributed by atoms with Gasteiger partial charge in [-0.1, -0.05) is 24.6 Å². The number of rotatable bonds is 6. The standard InChI is InChI=1S/C14H16ClFN2S/c1-2-5-18-13(14-8-17-9-19-14)7-10-3-4-11(15)12(16)6-10/h3-4,6,8-9,13,18H,2,5,7H2,1H3. The third-order valence-electron chi connectivity index (χ3n) is 2.86. The fourth-order valence-electron chi connectivity index (χ4n) is 1.89. The summed E-state index contributed by atoms with van der Waals surface area (Å²) >= 11 is 7.32. The zero-order chi connectivity index (χ0) is 13.7. The highest BCUT2D eigenvalue weighted by molar-refractivity contribution is 7.09. The molecule has 0 saturated carbocycles. The van der Waals surface area contributed by atoms with Gasteiger partial charge in [-0.15, -0.1) is 11.3 Å². The van der Waals surface area contributed by atoms with Gasteiger partial charge in [-0.25, -0.2) is 4.39 Å². The second-order valence-electron chi connectivity index (χ2n) is 4.36. The molecule has 0 radical (unpaired) electrons. The first kappa shape index (κ1) is 14.4. The van der Waals surface area contributed by atoms with Gasteiger partial charge in [0.15, 0.2) is 0 Å². The summed E-state index contributed by atoms with van der Waals surface area (Å²) in [4.78, 5) is 5.28. The van der Waals surface area contributed by atoms with E-state index in [1.807, 2.05) is 17.8 Å². The summed E-state index contributed by atoms with van der Waals surface area (Å²) in [7, 11) is 0. The Labute approximate surface area is 121 Å². The molecule has 2 rings (SSSR count). The fourth-order valence-corrected chi connectivity index (χ4v) is 2.71. The van der Waals surface area contributed by atoms with Crippen LogP contribution in [0.2, 0.25) is 5.02 Å². The highest BCUT2D eigenvalue weighted by atomic mass is 35.5. The Bertz CT molecular complexity index is 516. The number of hydrogen-bond acceptors (Lipinski definition) is 3. The van der Waals surface area contributed by atoms with Gasteiger partial charge in [0.25, 0.3) is 0 Å². The Kier molecular flexibility index (Phi) is 5.31. The maximum atomic E-state index is 13.5. The average molecular weight is 299 g/mol. The number of thiazole rings is 1. The van der Waals surface area contributed by atoms with Gasteiger partial charge in [0.1, 0.15) is 5.82 Å². The van der Waals surface area contributed by atoms with Gasteiger partial charge < -0.3 is 5.32 Å². The summed E-state index contributed by atoms with van der Waals surface area (Å²) in [6.45, 7) is 3.05. The van der Waals surface area contributed by atoms with E-state index in [1.54, 1.807) is 17.4 Å². The molecular formula is C14H16ClFN2S. The van der Waals surface area contributed by atoms with Crippen molar-refractivity contribution in [1.82, 2.24) is 10.3 Å². The van der Waals surface area contributed by atoms with Gasteiger partial charge in [-0.05, 0) is 37.1 Å². The van der Waals surface area contributed by atoms with E-state index in [0.717, 1.165) is 24.9 Å². The minimum atomic E-state index is -0.363. The van der Waals surface area contributed by atoms with Gasteiger partial charge in [-0.2, -0.15) is 0 Å². The predicted molar refractivity (Wildman–Crippen MR) is 78.3 cm³/mol. The zero-order valence-corrected chi connectivity index (χ0v) is 12.3. The van der Waals surface area contributed by atoms with Gasteiger partial charge in [0.2, 0.25) is 0 Å². The first-order chi connectivity index (χ1) is 9.20. The van der Waals surface area contributed by atoms with E-state index in [0.29, 0.717) is 0 Å². The number of aromatic nitrogens is 1. The molecule has 1 unspecified atom stereocenters. The Morgan fingerprint density at radius 2 is 2.32 bits per heavy atom. The van der Waals surface area contributed by atoms with Crippen LogP contribution in [-0.2, 0) is 6.42 Å². The average Bonchev–Trinajstić information content (AvgIpc) is 2.92. The monoisotopic (exact) mass is 298 g/mol. The number of nitrogens with one attached hydrogen (secondary N) is 1. The predicted octanol–water partition coefficient (Wildman–Crippen LogP) is 4.22. The smallest absolute Gasteiger partial charge is 0.142 e. The van der Waals surface area contributed by atoms with Crippen molar-refractivity contribution >= 4 is 22.9 Å². The van der Waals surface area contributed by atoms with Crippen molar-refractivity contribution < 1.29 is 4.39 Å². The molecule has 1 N–H and O–H groups in total. The van der Waals surface area contributed by atoms with Crippen molar-refractivity contribution in [1.29, 1.82) is 0 Å². The van der Waals surface area contributed by atoms with Crippen LogP contribution < -0.4 is 5.32 Å². The van der Waals surface area contributed by atoms with Crippen LogP contribution in [0, 0.1) is 5.82 Å². The molecule has 19 heavy (non-hydrogen) atoms. The minimum absolute atomic E-state index is 0.166. The molecule has 1 atom stereocenters. The second kappa shape index (κ2) is 6.98. The molecule has 1 aromatic carbocycles. The van der Waals surface area contributed by atoms with Gasteiger partial charge in [-0.3, -0.25) is 4.98 Å². The molecule has 1 heterocycles. The summed E-state index contributed by atoms with van der Waals surface area (Å²) in [5.41, 5.74) is 2.75. The first-order valence-electron chi connectivity index (χ1n) is 6.26. The van der Waals surface area contributed by atoms with E-state index < -0.39 is 0 Å². The SMILES string of the molecule is CCCNC(Cc1ccc(Cl)c(F)c1)c1cncs1. The molecule has 0 amide bonds. The van der Waals surface area contributed by atoms with Crippen LogP contribution in [-0.4, -0.2) is 11.5 Å². The normalized spacial score (nSPS) is 12.6. The molecule has 2 aromatic rings. The number of benzene rings is 1. The Morgan fingerprint density at radius 3 is 2.95 bits per heavy atom. The topological polar surface area (TPSA) is 24.9 Å². The first-order valence-corrected chi connectivity index (χ1v) is 7.52. The zero-order valence-electron chi connectivity index (χ0n) is 10.7. The van der Waals surface area contributed by atoms with E-state index in [1.165, 1.54) is 10.9 Å². The molecule has 0 fully saturated rings. The Balaban J connectivity index is 2.13. The van der Waals surface area contributed by atoms with E-state index in [9.17, 15) is 4.39 Å². The van der Waals surface area contributed by atoms with Crippen molar-refractivity contribution in [3.63, 3.8) is 0 Å². The molecule has 2 nitrogen and oxygen atoms in total. The van der Waals surface area contributed by atoms with Gasteiger partial charge >= 0.3 is 0 Å². The highest BCUT2D eigenvalue weighted by Gasteiger charge is 2.14. The van der Waals surface area contributed by atoms with Crippen LogP contribution >= 0.6 is 22.9 Å². The highest BCUT2D eigenvalue weighted by Crippen LogP contribution is 2.24. The maximum absolute atomic E-state index is 13.5. The Hall–Kier alpha value is -0.970. The lowest BCUT2D eigenvalue weighted by atomic mass is 10.0. The van der Waals surface area contributed by atoms with Crippen LogP contribution in [0.1, 0.15) is 29.8 Å². The summed E-state index contributed by atoms with van der Waals surface area (Å²) in [6, 6.07) is 5.15. The molecule has 0 aliphatic rings. The maximum Gasteiger partial charge on any atom is 0.142 e. The van der Waals surface area contributed by atoms with E-state index in [2.05, 4.69) is 17.2 Å². The van der Waals surface area contributed by atoms with Crippen LogP contribution in [0.5, 0.6) is 0 Å². The lowest BCUT2D eigenvalue weighted by Gasteiger charge is -2.17. The molecule has 0 saturated heterocycles. The van der Waals surface area contributed by atoms with Crippen molar-refractivity contribution in [3.8, 4) is 0 Å². The molecule has 0 bridgehead atoms. The summed E-state index contributed by atoms with van der Waals surface area (Å²) in [6.07, 6.45) is 3.66. The van der Waals surface area contributed by atoms with Crippen molar-refractivity contribution in [2.24, 2.45) is 0 Å². The van der Waals surface area contributed by atoms with Crippen LogP contribution in [0.4, 0.5) is 4.39 Å². The van der Waals surface area contributed by atoms with E-state index in [4.69, 9.17) is 11.6 Å². The van der Waals surface area contributed by atoms with Crippen LogP contribution in [0.15, 0.2) is 29.9 Å². The lowest BCUT2D eigenvalue weighted by molar-refractivity contribution is 0.533. The van der Waals surface area contributed by atoms with Crippen LogP contribution in [0.3, 0.4) is 0 Å². The molecule has 0 spiro atoms. The number of halogens is 2. The molecule has 0 aliphatic heterocycles. The lowest BCUT2D eigenvalue weighted by Crippen LogP contribution is -2.23. The Morgan fingerprint density at radius 1 is 1.47 bits per heavy atom. The quantitative estimate of drug-likeness (QED) is 0.864.